The van der Waals surface area contributed by atoms with Crippen molar-refractivity contribution in [3.8, 4) is 22.6 Å². The molecule has 2 aromatic carbocycles. The van der Waals surface area contributed by atoms with Crippen LogP contribution in [0.3, 0.4) is 0 Å². The van der Waals surface area contributed by atoms with Gasteiger partial charge in [-0.25, -0.2) is 4.79 Å². The van der Waals surface area contributed by atoms with Gasteiger partial charge in [0.05, 0.1) is 18.4 Å². The molecule has 1 aliphatic carbocycles. The fraction of sp³-hybridized carbons (Fsp3) is 0.217. The van der Waals surface area contributed by atoms with Gasteiger partial charge in [-0.2, -0.15) is 0 Å². The van der Waals surface area contributed by atoms with Crippen LogP contribution in [-0.2, 0) is 6.61 Å². The van der Waals surface area contributed by atoms with E-state index in [4.69, 9.17) is 14.6 Å². The zero-order valence-corrected chi connectivity index (χ0v) is 15.4. The van der Waals surface area contributed by atoms with Crippen molar-refractivity contribution in [1.82, 2.24) is 4.98 Å². The van der Waals surface area contributed by atoms with E-state index in [2.05, 4.69) is 4.98 Å². The molecular formula is C23H21NO4. The van der Waals surface area contributed by atoms with Crippen LogP contribution >= 0.6 is 0 Å². The summed E-state index contributed by atoms with van der Waals surface area (Å²) in [4.78, 5) is 15.2. The molecule has 1 fully saturated rings. The van der Waals surface area contributed by atoms with Crippen molar-refractivity contribution in [3.05, 3.63) is 78.1 Å². The third-order valence-corrected chi connectivity index (χ3v) is 4.67. The second-order valence-corrected chi connectivity index (χ2v) is 6.98. The second-order valence-electron chi connectivity index (χ2n) is 6.98. The van der Waals surface area contributed by atoms with Crippen LogP contribution in [-0.4, -0.2) is 22.7 Å². The number of carbonyl (C=O) groups is 1. The van der Waals surface area contributed by atoms with Crippen molar-refractivity contribution in [1.29, 1.82) is 0 Å². The smallest absolute Gasteiger partial charge is 0.335 e. The highest BCUT2D eigenvalue weighted by molar-refractivity contribution is 5.87. The molecule has 4 rings (SSSR count). The molecule has 1 saturated carbocycles. The van der Waals surface area contributed by atoms with Gasteiger partial charge in [0.2, 0.25) is 0 Å². The molecule has 0 unspecified atom stereocenters. The Morgan fingerprint density at radius 1 is 0.964 bits per heavy atom. The monoisotopic (exact) mass is 375 g/mol. The summed E-state index contributed by atoms with van der Waals surface area (Å²) >= 11 is 0. The molecule has 1 aliphatic rings. The molecule has 0 bridgehead atoms. The van der Waals surface area contributed by atoms with Crippen molar-refractivity contribution < 1.29 is 19.4 Å². The van der Waals surface area contributed by atoms with Gasteiger partial charge in [0.25, 0.3) is 0 Å². The summed E-state index contributed by atoms with van der Waals surface area (Å²) in [7, 11) is 0. The molecule has 1 aromatic heterocycles. The number of aromatic nitrogens is 1. The summed E-state index contributed by atoms with van der Waals surface area (Å²) in [6.45, 7) is 1.13. The number of aromatic carboxylic acids is 1. The van der Waals surface area contributed by atoms with Crippen molar-refractivity contribution in [2.45, 2.75) is 19.4 Å². The van der Waals surface area contributed by atoms with E-state index in [0.29, 0.717) is 12.5 Å². The Bertz CT molecular complexity index is 964. The van der Waals surface area contributed by atoms with E-state index in [1.54, 1.807) is 30.5 Å². The third-order valence-electron chi connectivity index (χ3n) is 4.67. The minimum atomic E-state index is -0.933. The molecule has 1 N–H and O–H groups in total. The first-order valence-electron chi connectivity index (χ1n) is 9.31. The average molecular weight is 375 g/mol. The number of nitrogens with zero attached hydrogens (tertiary/aromatic N) is 1. The Morgan fingerprint density at radius 3 is 2.50 bits per heavy atom. The van der Waals surface area contributed by atoms with E-state index in [1.807, 2.05) is 36.5 Å². The lowest BCUT2D eigenvalue weighted by Crippen LogP contribution is -1.99. The fourth-order valence-electron chi connectivity index (χ4n) is 2.83. The fourth-order valence-corrected chi connectivity index (χ4v) is 2.83. The molecule has 0 spiro atoms. The van der Waals surface area contributed by atoms with Gasteiger partial charge in [-0.1, -0.05) is 24.3 Å². The maximum Gasteiger partial charge on any atom is 0.335 e. The zero-order chi connectivity index (χ0) is 19.3. The van der Waals surface area contributed by atoms with Crippen molar-refractivity contribution in [2.75, 3.05) is 6.61 Å². The third kappa shape index (κ3) is 4.68. The molecule has 0 radical (unpaired) electrons. The number of pyridine rings is 1. The summed E-state index contributed by atoms with van der Waals surface area (Å²) in [6.07, 6.45) is 6.07. The van der Waals surface area contributed by atoms with Gasteiger partial charge in [0, 0.05) is 11.8 Å². The van der Waals surface area contributed by atoms with Crippen LogP contribution in [0.4, 0.5) is 0 Å². The number of carboxylic acid groups (broad SMARTS) is 1. The van der Waals surface area contributed by atoms with Crippen LogP contribution in [0.2, 0.25) is 0 Å². The van der Waals surface area contributed by atoms with E-state index in [0.717, 1.165) is 34.8 Å². The molecule has 5 nitrogen and oxygen atoms in total. The Balaban J connectivity index is 1.42. The molecule has 0 aliphatic heterocycles. The van der Waals surface area contributed by atoms with E-state index in [9.17, 15) is 4.79 Å². The molecule has 1 heterocycles. The van der Waals surface area contributed by atoms with Gasteiger partial charge in [-0.3, -0.25) is 4.98 Å². The summed E-state index contributed by atoms with van der Waals surface area (Å²) in [5, 5.41) is 8.96. The van der Waals surface area contributed by atoms with E-state index < -0.39 is 5.97 Å². The molecule has 3 aromatic rings. The second kappa shape index (κ2) is 8.13. The van der Waals surface area contributed by atoms with Crippen molar-refractivity contribution >= 4 is 5.97 Å². The van der Waals surface area contributed by atoms with Crippen LogP contribution in [0.5, 0.6) is 11.5 Å². The minimum Gasteiger partial charge on any atom is -0.492 e. The highest BCUT2D eigenvalue weighted by atomic mass is 16.5. The number of hydrogen-bond donors (Lipinski definition) is 1. The average Bonchev–Trinajstić information content (AvgIpc) is 3.56. The molecule has 0 saturated heterocycles. The normalized spacial score (nSPS) is 13.1. The number of hydrogen-bond acceptors (Lipinski definition) is 4. The Labute approximate surface area is 163 Å². The highest BCUT2D eigenvalue weighted by Crippen LogP contribution is 2.31. The van der Waals surface area contributed by atoms with E-state index >= 15 is 0 Å². The first kappa shape index (κ1) is 18.0. The Kier molecular flexibility index (Phi) is 5.24. The molecule has 0 atom stereocenters. The number of ether oxygens (including phenoxy) is 2. The van der Waals surface area contributed by atoms with Crippen LogP contribution in [0.1, 0.15) is 28.8 Å². The molecule has 5 heteroatoms. The van der Waals surface area contributed by atoms with Gasteiger partial charge in [-0.05, 0) is 60.2 Å². The topological polar surface area (TPSA) is 68.7 Å². The van der Waals surface area contributed by atoms with E-state index in [1.165, 1.54) is 12.8 Å². The molecule has 142 valence electrons. The predicted octanol–water partition coefficient (Wildman–Crippen LogP) is 4.81. The van der Waals surface area contributed by atoms with Gasteiger partial charge >= 0.3 is 5.97 Å². The lowest BCUT2D eigenvalue weighted by molar-refractivity contribution is 0.0697. The maximum absolute atomic E-state index is 10.9. The van der Waals surface area contributed by atoms with Crippen LogP contribution in [0, 0.1) is 5.92 Å². The van der Waals surface area contributed by atoms with Crippen LogP contribution in [0.15, 0.2) is 67.0 Å². The quantitative estimate of drug-likeness (QED) is 0.612. The van der Waals surface area contributed by atoms with Gasteiger partial charge < -0.3 is 14.6 Å². The number of benzene rings is 2. The summed E-state index contributed by atoms with van der Waals surface area (Å²) in [5.41, 5.74) is 3.15. The largest absolute Gasteiger partial charge is 0.492 e. The van der Waals surface area contributed by atoms with E-state index in [-0.39, 0.29) is 5.56 Å². The SMILES string of the molecule is O=C(O)c1ccc(COc2cccc(-c3cncc(OCC4CC4)c3)c2)cc1. The molecule has 0 amide bonds. The van der Waals surface area contributed by atoms with Crippen LogP contribution in [0.25, 0.3) is 11.1 Å². The molecular weight excluding hydrogens is 354 g/mol. The minimum absolute atomic E-state index is 0.266. The van der Waals surface area contributed by atoms with Crippen LogP contribution < -0.4 is 9.47 Å². The number of rotatable bonds is 8. The highest BCUT2D eigenvalue weighted by Gasteiger charge is 2.22. The predicted molar refractivity (Wildman–Crippen MR) is 106 cm³/mol. The first-order valence-corrected chi connectivity index (χ1v) is 9.31. The van der Waals surface area contributed by atoms with Gasteiger partial charge in [-0.15, -0.1) is 0 Å². The zero-order valence-electron chi connectivity index (χ0n) is 15.4. The number of carboxylic acids is 1. The maximum atomic E-state index is 10.9. The lowest BCUT2D eigenvalue weighted by Gasteiger charge is -2.10. The Hall–Kier alpha value is -3.34. The molecule has 28 heavy (non-hydrogen) atoms. The first-order chi connectivity index (χ1) is 13.7. The standard InChI is InChI=1S/C23H21NO4/c25-23(26)18-8-6-17(7-9-18)14-27-21-3-1-2-19(10-21)20-11-22(13-24-12-20)28-15-16-4-5-16/h1-3,6-13,16H,4-5,14-15H2,(H,25,26). The Morgan fingerprint density at radius 2 is 1.75 bits per heavy atom. The van der Waals surface area contributed by atoms with Gasteiger partial charge in [0.15, 0.2) is 0 Å². The summed E-state index contributed by atoms with van der Waals surface area (Å²) in [6, 6.07) is 16.5. The van der Waals surface area contributed by atoms with Crippen molar-refractivity contribution in [2.24, 2.45) is 5.92 Å². The van der Waals surface area contributed by atoms with Crippen molar-refractivity contribution in [3.63, 3.8) is 0 Å². The lowest BCUT2D eigenvalue weighted by atomic mass is 10.1. The summed E-state index contributed by atoms with van der Waals surface area (Å²) in [5.74, 6) is 1.29. The summed E-state index contributed by atoms with van der Waals surface area (Å²) < 4.78 is 11.7. The van der Waals surface area contributed by atoms with Gasteiger partial charge in [0.1, 0.15) is 18.1 Å².